The lowest BCUT2D eigenvalue weighted by atomic mass is 9.49. The van der Waals surface area contributed by atoms with Gasteiger partial charge in [0.2, 0.25) is 11.8 Å². The largest absolute Gasteiger partial charge is 0.391 e. The van der Waals surface area contributed by atoms with E-state index in [1.807, 2.05) is 4.90 Å². The van der Waals surface area contributed by atoms with E-state index in [1.54, 1.807) is 0 Å². The molecule has 3 atom stereocenters. The fourth-order valence-electron chi connectivity index (χ4n) is 7.52. The van der Waals surface area contributed by atoms with E-state index in [9.17, 15) is 14.7 Å². The Labute approximate surface area is 162 Å². The van der Waals surface area contributed by atoms with Crippen LogP contribution in [-0.4, -0.2) is 46.6 Å². The van der Waals surface area contributed by atoms with Gasteiger partial charge in [-0.1, -0.05) is 12.8 Å². The van der Waals surface area contributed by atoms with Crippen molar-refractivity contribution in [2.45, 2.75) is 95.2 Å². The van der Waals surface area contributed by atoms with Gasteiger partial charge in [0.1, 0.15) is 6.04 Å². The Bertz CT molecular complexity index is 583. The van der Waals surface area contributed by atoms with Gasteiger partial charge in [0.25, 0.3) is 0 Å². The van der Waals surface area contributed by atoms with Crippen LogP contribution in [0.2, 0.25) is 0 Å². The van der Waals surface area contributed by atoms with Crippen LogP contribution in [0, 0.1) is 23.2 Å². The van der Waals surface area contributed by atoms with E-state index in [-0.39, 0.29) is 29.3 Å². The zero-order valence-corrected chi connectivity index (χ0v) is 16.4. The Morgan fingerprint density at radius 3 is 2.15 bits per heavy atom. The fourth-order valence-corrected chi connectivity index (χ4v) is 7.52. The van der Waals surface area contributed by atoms with E-state index in [2.05, 4.69) is 5.32 Å². The maximum atomic E-state index is 13.7. The van der Waals surface area contributed by atoms with Gasteiger partial charge in [-0.2, -0.15) is 0 Å². The Hall–Kier alpha value is -1.10. The average molecular weight is 375 g/mol. The first-order chi connectivity index (χ1) is 13.0. The number of aliphatic hydroxyl groups is 1. The molecular formula is C22H34N2O3. The number of hydrogen-bond donors (Lipinski definition) is 2. The SMILES string of the molecule is O=C(N[C@@H]1CCCC[C@H]1O)[C@@H]1CCCN1C(=O)C12CC3CC(CC(C3)C1)C2. The Morgan fingerprint density at radius 1 is 0.889 bits per heavy atom. The summed E-state index contributed by atoms with van der Waals surface area (Å²) in [7, 11) is 0. The summed E-state index contributed by atoms with van der Waals surface area (Å²) in [6.45, 7) is 0.728. The molecule has 27 heavy (non-hydrogen) atoms. The van der Waals surface area contributed by atoms with E-state index in [0.717, 1.165) is 82.1 Å². The molecule has 6 aliphatic rings. The van der Waals surface area contributed by atoms with Crippen LogP contribution in [0.15, 0.2) is 0 Å². The van der Waals surface area contributed by atoms with Gasteiger partial charge in [-0.05, 0) is 82.0 Å². The molecule has 150 valence electrons. The van der Waals surface area contributed by atoms with E-state index in [1.165, 1.54) is 19.3 Å². The minimum Gasteiger partial charge on any atom is -0.391 e. The number of nitrogens with one attached hydrogen (secondary N) is 1. The third-order valence-electron chi connectivity index (χ3n) is 8.37. The van der Waals surface area contributed by atoms with E-state index < -0.39 is 6.10 Å². The van der Waals surface area contributed by atoms with Crippen LogP contribution in [0.25, 0.3) is 0 Å². The lowest BCUT2D eigenvalue weighted by Gasteiger charge is -2.56. The second-order valence-corrected chi connectivity index (χ2v) is 10.3. The van der Waals surface area contributed by atoms with Crippen molar-refractivity contribution in [1.29, 1.82) is 0 Å². The number of carbonyl (C=O) groups excluding carboxylic acids is 2. The summed E-state index contributed by atoms with van der Waals surface area (Å²) >= 11 is 0. The van der Waals surface area contributed by atoms with Gasteiger partial charge < -0.3 is 15.3 Å². The van der Waals surface area contributed by atoms with Crippen molar-refractivity contribution >= 4 is 11.8 Å². The summed E-state index contributed by atoms with van der Waals surface area (Å²) in [6.07, 6.45) is 12.1. The van der Waals surface area contributed by atoms with Gasteiger partial charge in [0.15, 0.2) is 0 Å². The molecule has 1 aliphatic heterocycles. The van der Waals surface area contributed by atoms with Crippen LogP contribution < -0.4 is 5.32 Å². The van der Waals surface area contributed by atoms with E-state index in [0.29, 0.717) is 0 Å². The molecule has 1 saturated heterocycles. The number of amides is 2. The molecule has 6 fully saturated rings. The van der Waals surface area contributed by atoms with Crippen LogP contribution in [-0.2, 0) is 9.59 Å². The molecule has 0 radical (unpaired) electrons. The molecule has 1 heterocycles. The molecule has 0 aromatic heterocycles. The Kier molecular flexibility index (Phi) is 4.49. The summed E-state index contributed by atoms with van der Waals surface area (Å²) in [5.74, 6) is 2.48. The molecule has 5 nitrogen and oxygen atoms in total. The summed E-state index contributed by atoms with van der Waals surface area (Å²) < 4.78 is 0. The summed E-state index contributed by atoms with van der Waals surface area (Å²) in [5, 5.41) is 13.3. The highest BCUT2D eigenvalue weighted by atomic mass is 16.3. The topological polar surface area (TPSA) is 69.6 Å². The first kappa shape index (κ1) is 18.0. The third kappa shape index (κ3) is 3.10. The van der Waals surface area contributed by atoms with Crippen molar-refractivity contribution in [3.05, 3.63) is 0 Å². The molecule has 5 aliphatic carbocycles. The first-order valence-electron chi connectivity index (χ1n) is 11.3. The highest BCUT2D eigenvalue weighted by Crippen LogP contribution is 2.60. The number of hydrogen-bond acceptors (Lipinski definition) is 3. The van der Waals surface area contributed by atoms with Crippen LogP contribution in [0.1, 0.15) is 77.0 Å². The zero-order chi connectivity index (χ0) is 18.6. The van der Waals surface area contributed by atoms with Gasteiger partial charge in [0.05, 0.1) is 17.6 Å². The van der Waals surface area contributed by atoms with Gasteiger partial charge in [-0.3, -0.25) is 9.59 Å². The smallest absolute Gasteiger partial charge is 0.243 e. The van der Waals surface area contributed by atoms with Gasteiger partial charge in [-0.15, -0.1) is 0 Å². The summed E-state index contributed by atoms with van der Waals surface area (Å²) in [5.41, 5.74) is -0.165. The maximum Gasteiger partial charge on any atom is 0.243 e. The average Bonchev–Trinajstić information content (AvgIpc) is 3.11. The molecule has 4 bridgehead atoms. The van der Waals surface area contributed by atoms with Crippen LogP contribution in [0.5, 0.6) is 0 Å². The van der Waals surface area contributed by atoms with Crippen LogP contribution >= 0.6 is 0 Å². The number of likely N-dealkylation sites (tertiary alicyclic amines) is 1. The number of nitrogens with zero attached hydrogens (tertiary/aromatic N) is 1. The van der Waals surface area contributed by atoms with Crippen LogP contribution in [0.3, 0.4) is 0 Å². The van der Waals surface area contributed by atoms with E-state index in [4.69, 9.17) is 0 Å². The first-order valence-corrected chi connectivity index (χ1v) is 11.3. The van der Waals surface area contributed by atoms with Crippen molar-refractivity contribution in [2.75, 3.05) is 6.54 Å². The molecular weight excluding hydrogens is 340 g/mol. The van der Waals surface area contributed by atoms with Gasteiger partial charge in [-0.25, -0.2) is 0 Å². The molecule has 2 N–H and O–H groups in total. The standard InChI is InChI=1S/C22H34N2O3/c25-19-6-2-1-4-17(19)23-20(26)18-5-3-7-24(18)21(27)22-11-14-8-15(12-22)10-16(9-14)13-22/h14-19,25H,1-13H2,(H,23,26)/t14?,15?,16?,17-,18+,19-,22?/m1/s1. The van der Waals surface area contributed by atoms with Gasteiger partial charge >= 0.3 is 0 Å². The lowest BCUT2D eigenvalue weighted by Crippen LogP contribution is -2.58. The zero-order valence-electron chi connectivity index (χ0n) is 16.4. The van der Waals surface area contributed by atoms with Crippen molar-refractivity contribution in [1.82, 2.24) is 10.2 Å². The van der Waals surface area contributed by atoms with E-state index >= 15 is 0 Å². The highest BCUT2D eigenvalue weighted by Gasteiger charge is 2.56. The molecule has 6 rings (SSSR count). The second kappa shape index (κ2) is 6.75. The molecule has 5 saturated carbocycles. The predicted molar refractivity (Wildman–Crippen MR) is 102 cm³/mol. The van der Waals surface area contributed by atoms with Crippen molar-refractivity contribution in [3.8, 4) is 0 Å². The Balaban J connectivity index is 1.29. The molecule has 0 unspecified atom stereocenters. The van der Waals surface area contributed by atoms with Crippen molar-refractivity contribution in [3.63, 3.8) is 0 Å². The molecule has 2 amide bonds. The van der Waals surface area contributed by atoms with Gasteiger partial charge in [0, 0.05) is 6.54 Å². The minimum atomic E-state index is -0.434. The molecule has 0 aromatic rings. The third-order valence-corrected chi connectivity index (χ3v) is 8.37. The quantitative estimate of drug-likeness (QED) is 0.798. The number of rotatable bonds is 3. The van der Waals surface area contributed by atoms with Crippen LogP contribution in [0.4, 0.5) is 0 Å². The predicted octanol–water partition coefficient (Wildman–Crippen LogP) is 2.61. The molecule has 0 spiro atoms. The second-order valence-electron chi connectivity index (χ2n) is 10.3. The summed E-state index contributed by atoms with van der Waals surface area (Å²) in [6, 6.07) is -0.456. The highest BCUT2D eigenvalue weighted by molar-refractivity contribution is 5.91. The monoisotopic (exact) mass is 374 g/mol. The lowest BCUT2D eigenvalue weighted by molar-refractivity contribution is -0.160. The molecule has 0 aromatic carbocycles. The fraction of sp³-hybridized carbons (Fsp3) is 0.909. The van der Waals surface area contributed by atoms with Crippen molar-refractivity contribution in [2.24, 2.45) is 23.2 Å². The Morgan fingerprint density at radius 2 is 1.52 bits per heavy atom. The number of aliphatic hydroxyl groups excluding tert-OH is 1. The minimum absolute atomic E-state index is 0.0310. The van der Waals surface area contributed by atoms with Crippen molar-refractivity contribution < 1.29 is 14.7 Å². The normalized spacial score (nSPS) is 45.9. The number of carbonyl (C=O) groups is 2. The summed E-state index contributed by atoms with van der Waals surface area (Å²) in [4.78, 5) is 28.6. The maximum absolute atomic E-state index is 13.7. The molecule has 5 heteroatoms.